The maximum Gasteiger partial charge on any atom is 0.387 e. The van der Waals surface area contributed by atoms with E-state index >= 15 is 0 Å². The van der Waals surface area contributed by atoms with Crippen molar-refractivity contribution in [2.75, 3.05) is 30.3 Å². The minimum absolute atomic E-state index is 0.107. The van der Waals surface area contributed by atoms with Gasteiger partial charge in [0.05, 0.1) is 11.4 Å². The number of rotatable bonds is 10. The zero-order valence-corrected chi connectivity index (χ0v) is 19.5. The van der Waals surface area contributed by atoms with E-state index < -0.39 is 6.61 Å². The molecule has 34 heavy (non-hydrogen) atoms. The fraction of sp³-hybridized carbons (Fsp3) is 0.375. The highest BCUT2D eigenvalue weighted by molar-refractivity contribution is 7.99. The largest absolute Gasteiger partial charge is 0.435 e. The topological polar surface area (TPSA) is 72.3 Å². The minimum Gasteiger partial charge on any atom is -0.435 e. The van der Waals surface area contributed by atoms with Crippen molar-refractivity contribution in [3.05, 3.63) is 60.2 Å². The Labute approximate surface area is 201 Å². The molecule has 2 aromatic carbocycles. The predicted octanol–water partition coefficient (Wildman–Crippen LogP) is 4.31. The second kappa shape index (κ2) is 11.8. The first-order valence-corrected chi connectivity index (χ1v) is 12.3. The van der Waals surface area contributed by atoms with Crippen molar-refractivity contribution in [3.8, 4) is 11.4 Å². The number of alkyl halides is 2. The third kappa shape index (κ3) is 6.47. The molecule has 0 spiro atoms. The Morgan fingerprint density at radius 2 is 1.76 bits per heavy atom. The molecular formula is C24H27F2N5O2S. The molecule has 3 aromatic rings. The first-order chi connectivity index (χ1) is 16.6. The molecule has 0 atom stereocenters. The molecule has 180 valence electrons. The highest BCUT2D eigenvalue weighted by atomic mass is 32.2. The molecule has 0 unspecified atom stereocenters. The van der Waals surface area contributed by atoms with Crippen LogP contribution in [0.2, 0.25) is 0 Å². The van der Waals surface area contributed by atoms with Crippen LogP contribution in [-0.4, -0.2) is 52.7 Å². The van der Waals surface area contributed by atoms with E-state index in [0.29, 0.717) is 18.1 Å². The van der Waals surface area contributed by atoms with Gasteiger partial charge in [-0.3, -0.25) is 9.36 Å². The van der Waals surface area contributed by atoms with Gasteiger partial charge in [0.15, 0.2) is 5.16 Å². The summed E-state index contributed by atoms with van der Waals surface area (Å²) in [5.41, 5.74) is 1.89. The predicted molar refractivity (Wildman–Crippen MR) is 128 cm³/mol. The summed E-state index contributed by atoms with van der Waals surface area (Å²) < 4.78 is 30.8. The molecule has 0 radical (unpaired) electrons. The number of anilines is 1. The first kappa shape index (κ1) is 24.0. The van der Waals surface area contributed by atoms with Crippen molar-refractivity contribution in [3.63, 3.8) is 0 Å². The molecule has 0 aliphatic carbocycles. The van der Waals surface area contributed by atoms with E-state index in [2.05, 4.69) is 25.2 Å². The summed E-state index contributed by atoms with van der Waals surface area (Å²) in [6.45, 7) is -0.499. The van der Waals surface area contributed by atoms with Gasteiger partial charge in [0.1, 0.15) is 5.75 Å². The van der Waals surface area contributed by atoms with Crippen LogP contribution in [-0.2, 0) is 11.2 Å². The summed E-state index contributed by atoms with van der Waals surface area (Å²) in [5.74, 6) is 1.04. The Bertz CT molecular complexity index is 1060. The van der Waals surface area contributed by atoms with Crippen molar-refractivity contribution in [1.82, 2.24) is 20.1 Å². The molecule has 0 saturated carbocycles. The Hall–Kier alpha value is -3.14. The summed E-state index contributed by atoms with van der Waals surface area (Å²) in [6.07, 6.45) is 4.08. The quantitative estimate of drug-likeness (QED) is 0.430. The summed E-state index contributed by atoms with van der Waals surface area (Å²) in [6, 6.07) is 16.4. The lowest BCUT2D eigenvalue weighted by molar-refractivity contribution is -0.118. The third-order valence-electron chi connectivity index (χ3n) is 5.49. The van der Waals surface area contributed by atoms with Gasteiger partial charge in [0.2, 0.25) is 11.9 Å². The molecule has 10 heteroatoms. The number of amides is 1. The fourth-order valence-corrected chi connectivity index (χ4v) is 4.60. The Morgan fingerprint density at radius 1 is 1.03 bits per heavy atom. The van der Waals surface area contributed by atoms with Gasteiger partial charge >= 0.3 is 6.61 Å². The molecule has 1 aromatic heterocycles. The fourth-order valence-electron chi connectivity index (χ4n) is 3.82. The Kier molecular flexibility index (Phi) is 8.35. The molecule has 4 rings (SSSR count). The van der Waals surface area contributed by atoms with Crippen LogP contribution in [0.15, 0.2) is 59.8 Å². The van der Waals surface area contributed by atoms with Gasteiger partial charge in [-0.1, -0.05) is 42.1 Å². The summed E-state index contributed by atoms with van der Waals surface area (Å²) in [7, 11) is 0. The number of nitrogens with zero attached hydrogens (tertiary/aromatic N) is 4. The average Bonchev–Trinajstić information content (AvgIpc) is 3.29. The van der Waals surface area contributed by atoms with E-state index in [1.165, 1.54) is 30.3 Å². The number of thioether (sulfide) groups is 1. The summed E-state index contributed by atoms with van der Waals surface area (Å²) in [5, 5.41) is 12.4. The van der Waals surface area contributed by atoms with Crippen molar-refractivity contribution < 1.29 is 18.3 Å². The molecule has 1 aliphatic rings. The Balaban J connectivity index is 1.33. The van der Waals surface area contributed by atoms with E-state index in [4.69, 9.17) is 0 Å². The van der Waals surface area contributed by atoms with Gasteiger partial charge in [-0.2, -0.15) is 8.78 Å². The number of carbonyl (C=O) groups excluding carboxylic acids is 1. The number of carbonyl (C=O) groups is 1. The van der Waals surface area contributed by atoms with Crippen LogP contribution in [0.25, 0.3) is 5.69 Å². The van der Waals surface area contributed by atoms with E-state index in [-0.39, 0.29) is 17.4 Å². The lowest BCUT2D eigenvalue weighted by Gasteiger charge is -2.27. The van der Waals surface area contributed by atoms with E-state index in [1.54, 1.807) is 12.1 Å². The number of hydrogen-bond donors (Lipinski definition) is 1. The molecule has 1 fully saturated rings. The van der Waals surface area contributed by atoms with Crippen molar-refractivity contribution in [2.45, 2.75) is 37.5 Å². The lowest BCUT2D eigenvalue weighted by Crippen LogP contribution is -2.31. The SMILES string of the molecule is O=C(CSc1nnc(N2CCCCC2)n1-c1ccccc1)NCCc1ccc(OC(F)F)cc1. The number of hydrogen-bond acceptors (Lipinski definition) is 6. The standard InChI is InChI=1S/C24H27F2N5O2S/c25-22(26)33-20-11-9-18(10-12-20)13-14-27-21(32)17-34-24-29-28-23(30-15-5-2-6-16-30)31(24)19-7-3-1-4-8-19/h1,3-4,7-12,22H,2,5-6,13-17H2,(H,27,32). The van der Waals surface area contributed by atoms with Gasteiger partial charge in [-0.05, 0) is 55.5 Å². The van der Waals surface area contributed by atoms with Gasteiger partial charge in [-0.15, -0.1) is 10.2 Å². The average molecular weight is 488 g/mol. The van der Waals surface area contributed by atoms with Crippen molar-refractivity contribution in [2.24, 2.45) is 0 Å². The molecule has 0 bridgehead atoms. The third-order valence-corrected chi connectivity index (χ3v) is 6.42. The first-order valence-electron chi connectivity index (χ1n) is 11.3. The second-order valence-electron chi connectivity index (χ2n) is 7.91. The number of aromatic nitrogens is 3. The van der Waals surface area contributed by atoms with Crippen LogP contribution in [0, 0.1) is 0 Å². The maximum absolute atomic E-state index is 12.4. The molecule has 1 N–H and O–H groups in total. The monoisotopic (exact) mass is 487 g/mol. The number of nitrogens with one attached hydrogen (secondary N) is 1. The van der Waals surface area contributed by atoms with Crippen LogP contribution < -0.4 is 15.0 Å². The smallest absolute Gasteiger partial charge is 0.387 e. The number of halogens is 2. The highest BCUT2D eigenvalue weighted by Crippen LogP contribution is 2.28. The molecule has 1 saturated heterocycles. The summed E-state index contributed by atoms with van der Waals surface area (Å²) in [4.78, 5) is 14.7. The zero-order valence-electron chi connectivity index (χ0n) is 18.7. The molecule has 1 amide bonds. The van der Waals surface area contributed by atoms with Crippen molar-refractivity contribution >= 4 is 23.6 Å². The van der Waals surface area contributed by atoms with Crippen LogP contribution in [0.5, 0.6) is 5.75 Å². The normalized spacial score (nSPS) is 13.8. The van der Waals surface area contributed by atoms with Gasteiger partial charge < -0.3 is 15.0 Å². The molecule has 1 aliphatic heterocycles. The lowest BCUT2D eigenvalue weighted by atomic mass is 10.1. The van der Waals surface area contributed by atoms with Gasteiger partial charge in [0, 0.05) is 19.6 Å². The maximum atomic E-state index is 12.4. The van der Waals surface area contributed by atoms with E-state index in [9.17, 15) is 13.6 Å². The van der Waals surface area contributed by atoms with Gasteiger partial charge in [-0.25, -0.2) is 0 Å². The summed E-state index contributed by atoms with van der Waals surface area (Å²) >= 11 is 1.35. The zero-order chi connectivity index (χ0) is 23.8. The Morgan fingerprint density at radius 3 is 2.47 bits per heavy atom. The molecule has 2 heterocycles. The van der Waals surface area contributed by atoms with Crippen molar-refractivity contribution in [1.29, 1.82) is 0 Å². The van der Waals surface area contributed by atoms with Gasteiger partial charge in [0.25, 0.3) is 0 Å². The number of benzene rings is 2. The van der Waals surface area contributed by atoms with Crippen LogP contribution in [0.3, 0.4) is 0 Å². The number of para-hydroxylation sites is 1. The van der Waals surface area contributed by atoms with E-state index in [1.807, 2.05) is 34.9 Å². The number of piperidine rings is 1. The second-order valence-corrected chi connectivity index (χ2v) is 8.85. The van der Waals surface area contributed by atoms with Crippen LogP contribution in [0.4, 0.5) is 14.7 Å². The number of ether oxygens (including phenoxy) is 1. The molecular weight excluding hydrogens is 460 g/mol. The highest BCUT2D eigenvalue weighted by Gasteiger charge is 2.22. The molecule has 7 nitrogen and oxygen atoms in total. The van der Waals surface area contributed by atoms with Crippen LogP contribution >= 0.6 is 11.8 Å². The minimum atomic E-state index is -2.84. The van der Waals surface area contributed by atoms with Crippen LogP contribution in [0.1, 0.15) is 24.8 Å². The van der Waals surface area contributed by atoms with E-state index in [0.717, 1.165) is 43.1 Å².